The monoisotopic (exact) mass is 471 g/mol. The van der Waals surface area contributed by atoms with Crippen LogP contribution >= 0.6 is 0 Å². The summed E-state index contributed by atoms with van der Waals surface area (Å²) < 4.78 is 75.6. The molecule has 0 bridgehead atoms. The van der Waals surface area contributed by atoms with Gasteiger partial charge in [0.25, 0.3) is 0 Å². The summed E-state index contributed by atoms with van der Waals surface area (Å²) in [5.41, 5.74) is 3.22. The molecule has 0 saturated carbocycles. The summed E-state index contributed by atoms with van der Waals surface area (Å²) in [6, 6.07) is 5.20. The molecule has 0 unspecified atom stereocenters. The number of nitrogens with two attached hydrogens (primary N) is 1. The van der Waals surface area contributed by atoms with E-state index >= 15 is 0 Å². The Labute approximate surface area is 186 Å². The number of aromatic nitrogens is 1. The zero-order valence-electron chi connectivity index (χ0n) is 17.9. The first-order valence-electron chi connectivity index (χ1n) is 9.89. The Morgan fingerprint density at radius 3 is 2.55 bits per heavy atom. The molecule has 2 N–H and O–H groups in total. The molecule has 0 aliphatic carbocycles. The van der Waals surface area contributed by atoms with Gasteiger partial charge < -0.3 is 15.2 Å². The van der Waals surface area contributed by atoms with Crippen LogP contribution in [0.3, 0.4) is 0 Å². The molecule has 2 heterocycles. The number of benzene rings is 1. The fourth-order valence-corrected chi connectivity index (χ4v) is 3.51. The van der Waals surface area contributed by atoms with Gasteiger partial charge in [-0.3, -0.25) is 9.79 Å². The first kappa shape index (κ1) is 24.6. The third-order valence-electron chi connectivity index (χ3n) is 5.41. The van der Waals surface area contributed by atoms with Gasteiger partial charge in [0.1, 0.15) is 42.0 Å². The number of ether oxygens (including phenoxy) is 2. The molecule has 1 aromatic carbocycles. The topological polar surface area (TPSA) is 86.8 Å². The molecule has 0 spiro atoms. The predicted molar refractivity (Wildman–Crippen MR) is 110 cm³/mol. The number of nitrogens with zero attached hydrogens (tertiary/aromatic N) is 2. The van der Waals surface area contributed by atoms with Crippen LogP contribution in [0.15, 0.2) is 35.5 Å². The molecule has 1 atom stereocenters. The molecule has 1 aliphatic rings. The SMILES string of the molecule is Cc1cc(OC(F)F)cnc1C(=O)Cc1ccc(F)c([C@]2(C)COC(CF)(CF)C(N)=N2)c1. The normalized spacial score (nSPS) is 19.9. The van der Waals surface area contributed by atoms with Crippen molar-refractivity contribution < 1.29 is 36.2 Å². The van der Waals surface area contributed by atoms with Crippen molar-refractivity contribution >= 4 is 11.6 Å². The number of rotatable bonds is 8. The van der Waals surface area contributed by atoms with E-state index in [1.807, 2.05) is 0 Å². The lowest BCUT2D eigenvalue weighted by atomic mass is 9.88. The van der Waals surface area contributed by atoms with E-state index in [0.717, 1.165) is 12.3 Å². The standard InChI is InChI=1S/C22H22F5N3O3/c1-12-5-14(33-20(26)27)8-29-18(12)17(31)7-13-3-4-16(25)15(6-13)21(2)11-32-22(9-23,10-24)19(28)30-21/h3-6,8,20H,7,9-11H2,1-2H3,(H2,28,30)/t21-/m0/s1. The van der Waals surface area contributed by atoms with Gasteiger partial charge in [-0.15, -0.1) is 0 Å². The number of hydrogen-bond acceptors (Lipinski definition) is 6. The molecule has 1 aromatic heterocycles. The van der Waals surface area contributed by atoms with E-state index in [0.29, 0.717) is 11.1 Å². The van der Waals surface area contributed by atoms with Crippen LogP contribution in [-0.2, 0) is 16.7 Å². The molecule has 11 heteroatoms. The van der Waals surface area contributed by atoms with Crippen molar-refractivity contribution in [2.75, 3.05) is 20.0 Å². The van der Waals surface area contributed by atoms with Crippen molar-refractivity contribution in [3.05, 3.63) is 58.7 Å². The number of carbonyl (C=O) groups excluding carboxylic acids is 1. The number of aliphatic imine (C=N–C) groups is 1. The van der Waals surface area contributed by atoms with E-state index < -0.39 is 48.5 Å². The number of pyridine rings is 1. The summed E-state index contributed by atoms with van der Waals surface area (Å²) in [7, 11) is 0. The number of Topliss-reactive ketones (excluding diaryl/α,β-unsaturated/α-hetero) is 1. The van der Waals surface area contributed by atoms with Gasteiger partial charge in [0, 0.05) is 12.0 Å². The lowest BCUT2D eigenvalue weighted by Crippen LogP contribution is -2.56. The van der Waals surface area contributed by atoms with Crippen LogP contribution in [-0.4, -0.2) is 48.8 Å². The smallest absolute Gasteiger partial charge is 0.387 e. The Balaban J connectivity index is 1.87. The number of aryl methyl sites for hydroxylation is 1. The Hall–Kier alpha value is -3.08. The fraction of sp³-hybridized carbons (Fsp3) is 0.409. The van der Waals surface area contributed by atoms with Crippen LogP contribution < -0.4 is 10.5 Å². The van der Waals surface area contributed by atoms with E-state index in [4.69, 9.17) is 10.5 Å². The molecule has 2 aromatic rings. The minimum absolute atomic E-state index is 0.0347. The van der Waals surface area contributed by atoms with E-state index in [9.17, 15) is 26.7 Å². The van der Waals surface area contributed by atoms with Crippen LogP contribution in [0.5, 0.6) is 5.75 Å². The van der Waals surface area contributed by atoms with E-state index in [1.54, 1.807) is 0 Å². The Bertz CT molecular complexity index is 1080. The molecule has 3 rings (SSSR count). The van der Waals surface area contributed by atoms with Crippen molar-refractivity contribution in [3.63, 3.8) is 0 Å². The molecular formula is C22H22F5N3O3. The average molecular weight is 471 g/mol. The summed E-state index contributed by atoms with van der Waals surface area (Å²) >= 11 is 0. The van der Waals surface area contributed by atoms with Crippen LogP contribution in [0, 0.1) is 12.7 Å². The second-order valence-electron chi connectivity index (χ2n) is 7.95. The van der Waals surface area contributed by atoms with Gasteiger partial charge >= 0.3 is 6.61 Å². The van der Waals surface area contributed by atoms with Crippen LogP contribution in [0.4, 0.5) is 22.0 Å². The molecule has 0 amide bonds. The van der Waals surface area contributed by atoms with Gasteiger partial charge in [-0.05, 0) is 43.2 Å². The highest BCUT2D eigenvalue weighted by Crippen LogP contribution is 2.35. The third kappa shape index (κ3) is 4.97. The summed E-state index contributed by atoms with van der Waals surface area (Å²) in [5, 5.41) is 0. The largest absolute Gasteiger partial charge is 0.433 e. The molecule has 33 heavy (non-hydrogen) atoms. The lowest BCUT2D eigenvalue weighted by Gasteiger charge is -2.39. The molecule has 0 radical (unpaired) electrons. The minimum Gasteiger partial charge on any atom is -0.433 e. The fourth-order valence-electron chi connectivity index (χ4n) is 3.51. The lowest BCUT2D eigenvalue weighted by molar-refractivity contribution is -0.0575. The minimum atomic E-state index is -3.02. The van der Waals surface area contributed by atoms with Crippen molar-refractivity contribution in [1.29, 1.82) is 0 Å². The molecule has 6 nitrogen and oxygen atoms in total. The number of hydrogen-bond donors (Lipinski definition) is 1. The number of alkyl halides is 4. The molecule has 0 fully saturated rings. The maximum absolute atomic E-state index is 14.7. The van der Waals surface area contributed by atoms with Gasteiger partial charge in [0.05, 0.1) is 12.8 Å². The Kier molecular flexibility index (Phi) is 7.01. The second kappa shape index (κ2) is 9.42. The Morgan fingerprint density at radius 1 is 1.27 bits per heavy atom. The highest BCUT2D eigenvalue weighted by atomic mass is 19.3. The van der Waals surface area contributed by atoms with Crippen LogP contribution in [0.1, 0.15) is 34.1 Å². The quantitative estimate of drug-likeness (QED) is 0.467. The first-order chi connectivity index (χ1) is 15.5. The number of ketones is 1. The summed E-state index contributed by atoms with van der Waals surface area (Å²) in [6.07, 6.45) is 0.841. The molecular weight excluding hydrogens is 449 g/mol. The van der Waals surface area contributed by atoms with Gasteiger partial charge in [-0.2, -0.15) is 8.78 Å². The number of amidine groups is 1. The average Bonchev–Trinajstić information content (AvgIpc) is 2.75. The van der Waals surface area contributed by atoms with Crippen molar-refractivity contribution in [2.45, 2.75) is 38.0 Å². The summed E-state index contributed by atoms with van der Waals surface area (Å²) in [6.45, 7) is -2.78. The molecule has 0 saturated heterocycles. The number of carbonyl (C=O) groups is 1. The maximum Gasteiger partial charge on any atom is 0.387 e. The summed E-state index contributed by atoms with van der Waals surface area (Å²) in [4.78, 5) is 20.8. The van der Waals surface area contributed by atoms with E-state index in [1.165, 1.54) is 32.0 Å². The highest BCUT2D eigenvalue weighted by molar-refractivity contribution is 5.97. The zero-order valence-corrected chi connectivity index (χ0v) is 17.9. The van der Waals surface area contributed by atoms with Crippen molar-refractivity contribution in [3.8, 4) is 5.75 Å². The number of halogens is 5. The zero-order chi connectivity index (χ0) is 24.4. The highest BCUT2D eigenvalue weighted by Gasteiger charge is 2.45. The van der Waals surface area contributed by atoms with Gasteiger partial charge in [0.15, 0.2) is 11.4 Å². The second-order valence-corrected chi connectivity index (χ2v) is 7.95. The molecule has 1 aliphatic heterocycles. The third-order valence-corrected chi connectivity index (χ3v) is 5.41. The van der Waals surface area contributed by atoms with Crippen molar-refractivity contribution in [2.24, 2.45) is 10.7 Å². The van der Waals surface area contributed by atoms with Crippen LogP contribution in [0.2, 0.25) is 0 Å². The first-order valence-corrected chi connectivity index (χ1v) is 9.89. The maximum atomic E-state index is 14.7. The van der Waals surface area contributed by atoms with Gasteiger partial charge in [-0.25, -0.2) is 18.2 Å². The van der Waals surface area contributed by atoms with E-state index in [2.05, 4.69) is 14.7 Å². The molecule has 178 valence electrons. The van der Waals surface area contributed by atoms with E-state index in [-0.39, 0.29) is 30.0 Å². The van der Waals surface area contributed by atoms with Gasteiger partial charge in [0.2, 0.25) is 0 Å². The summed E-state index contributed by atoms with van der Waals surface area (Å²) in [5.74, 6) is -1.70. The van der Waals surface area contributed by atoms with Crippen molar-refractivity contribution in [1.82, 2.24) is 4.98 Å². The van der Waals surface area contributed by atoms with Gasteiger partial charge in [-0.1, -0.05) is 6.07 Å². The predicted octanol–water partition coefficient (Wildman–Crippen LogP) is 3.84. The Morgan fingerprint density at radius 2 is 1.97 bits per heavy atom. The van der Waals surface area contributed by atoms with Crippen LogP contribution in [0.25, 0.3) is 0 Å².